The zero-order valence-electron chi connectivity index (χ0n) is 16.7. The number of urea groups is 1. The molecule has 8 heteroatoms. The van der Waals surface area contributed by atoms with Gasteiger partial charge in [-0.15, -0.1) is 12.4 Å². The molecule has 1 aromatic carbocycles. The quantitative estimate of drug-likeness (QED) is 0.612. The highest BCUT2D eigenvalue weighted by Crippen LogP contribution is 2.17. The number of carbonyl (C=O) groups excluding carboxylic acids is 2. The van der Waals surface area contributed by atoms with Gasteiger partial charge in [-0.1, -0.05) is 25.5 Å². The Morgan fingerprint density at radius 2 is 2.00 bits per heavy atom. The lowest BCUT2D eigenvalue weighted by atomic mass is 9.97. The molecule has 158 valence electrons. The van der Waals surface area contributed by atoms with E-state index in [0.29, 0.717) is 12.3 Å². The van der Waals surface area contributed by atoms with Crippen LogP contribution in [0.25, 0.3) is 0 Å². The van der Waals surface area contributed by atoms with Crippen molar-refractivity contribution in [2.75, 3.05) is 26.7 Å². The maximum Gasteiger partial charge on any atom is 0.315 e. The number of likely N-dealkylation sites (tertiary alicyclic amines) is 1. The number of halogens is 2. The molecule has 28 heavy (non-hydrogen) atoms. The SMILES string of the molecule is CCCC(NC(=O)NCc1ccc(F)cc1)C(=O)N1CCCC(CNC)C1.Cl. The van der Waals surface area contributed by atoms with E-state index in [0.717, 1.165) is 44.5 Å². The molecule has 0 aromatic heterocycles. The molecule has 3 amide bonds. The molecule has 2 unspecified atom stereocenters. The van der Waals surface area contributed by atoms with Gasteiger partial charge in [0.1, 0.15) is 11.9 Å². The molecule has 2 atom stereocenters. The molecule has 6 nitrogen and oxygen atoms in total. The van der Waals surface area contributed by atoms with E-state index in [9.17, 15) is 14.0 Å². The van der Waals surface area contributed by atoms with Crippen molar-refractivity contribution in [3.05, 3.63) is 35.6 Å². The minimum atomic E-state index is -0.517. The number of amides is 3. The van der Waals surface area contributed by atoms with Crippen LogP contribution < -0.4 is 16.0 Å². The van der Waals surface area contributed by atoms with Gasteiger partial charge in [-0.2, -0.15) is 0 Å². The van der Waals surface area contributed by atoms with Crippen LogP contribution in [0.4, 0.5) is 9.18 Å². The fourth-order valence-corrected chi connectivity index (χ4v) is 3.48. The summed E-state index contributed by atoms with van der Waals surface area (Å²) in [4.78, 5) is 27.0. The van der Waals surface area contributed by atoms with Crippen LogP contribution in [0, 0.1) is 11.7 Å². The molecule has 0 spiro atoms. The maximum atomic E-state index is 12.9. The van der Waals surface area contributed by atoms with Crippen LogP contribution in [0.15, 0.2) is 24.3 Å². The van der Waals surface area contributed by atoms with E-state index in [4.69, 9.17) is 0 Å². The van der Waals surface area contributed by atoms with E-state index >= 15 is 0 Å². The highest BCUT2D eigenvalue weighted by Gasteiger charge is 2.29. The number of hydrogen-bond donors (Lipinski definition) is 3. The number of rotatable bonds is 8. The first-order valence-electron chi connectivity index (χ1n) is 9.75. The van der Waals surface area contributed by atoms with E-state index in [1.54, 1.807) is 12.1 Å². The van der Waals surface area contributed by atoms with E-state index < -0.39 is 6.04 Å². The Labute approximate surface area is 173 Å². The Hall–Kier alpha value is -1.86. The minimum Gasteiger partial charge on any atom is -0.341 e. The maximum absolute atomic E-state index is 12.9. The predicted molar refractivity (Wildman–Crippen MR) is 111 cm³/mol. The third-order valence-corrected chi connectivity index (χ3v) is 4.87. The molecule has 2 rings (SSSR count). The van der Waals surface area contributed by atoms with Gasteiger partial charge in [0.05, 0.1) is 0 Å². The smallest absolute Gasteiger partial charge is 0.315 e. The summed E-state index contributed by atoms with van der Waals surface area (Å²) in [6, 6.07) is 5.07. The van der Waals surface area contributed by atoms with Crippen LogP contribution in [-0.4, -0.2) is 49.6 Å². The number of carbonyl (C=O) groups is 2. The molecular weight excluding hydrogens is 383 g/mol. The summed E-state index contributed by atoms with van der Waals surface area (Å²) in [7, 11) is 1.92. The summed E-state index contributed by atoms with van der Waals surface area (Å²) in [5.41, 5.74) is 0.802. The molecule has 1 saturated heterocycles. The van der Waals surface area contributed by atoms with E-state index in [2.05, 4.69) is 16.0 Å². The van der Waals surface area contributed by atoms with Gasteiger partial charge in [0.25, 0.3) is 0 Å². The second-order valence-electron chi connectivity index (χ2n) is 7.14. The summed E-state index contributed by atoms with van der Waals surface area (Å²) in [6.45, 7) is 4.66. The first-order chi connectivity index (χ1) is 13.0. The lowest BCUT2D eigenvalue weighted by Gasteiger charge is -2.35. The zero-order chi connectivity index (χ0) is 19.6. The predicted octanol–water partition coefficient (Wildman–Crippen LogP) is 2.67. The molecule has 0 radical (unpaired) electrons. The van der Waals surface area contributed by atoms with Crippen LogP contribution >= 0.6 is 12.4 Å². The number of benzene rings is 1. The molecule has 3 N–H and O–H groups in total. The standard InChI is InChI=1S/C20H31FN4O2.ClH/c1-3-5-18(19(26)25-11-4-6-16(14-25)12-22-2)24-20(27)23-13-15-7-9-17(21)10-8-15;/h7-10,16,18,22H,3-6,11-14H2,1-2H3,(H2,23,24,27);1H. The van der Waals surface area contributed by atoms with Gasteiger partial charge >= 0.3 is 6.03 Å². The Kier molecular flexibility index (Phi) is 10.9. The number of nitrogens with zero attached hydrogens (tertiary/aromatic N) is 1. The second kappa shape index (κ2) is 12.6. The van der Waals surface area contributed by atoms with Gasteiger partial charge in [-0.3, -0.25) is 4.79 Å². The van der Waals surface area contributed by atoms with Crippen molar-refractivity contribution in [3.8, 4) is 0 Å². The van der Waals surface area contributed by atoms with Crippen molar-refractivity contribution in [3.63, 3.8) is 0 Å². The van der Waals surface area contributed by atoms with E-state index in [1.165, 1.54) is 12.1 Å². The van der Waals surface area contributed by atoms with Gasteiger partial charge in [-0.25, -0.2) is 9.18 Å². The minimum absolute atomic E-state index is 0. The van der Waals surface area contributed by atoms with Crippen molar-refractivity contribution in [1.82, 2.24) is 20.9 Å². The van der Waals surface area contributed by atoms with Crippen LogP contribution in [0.3, 0.4) is 0 Å². The second-order valence-corrected chi connectivity index (χ2v) is 7.14. The molecule has 0 aliphatic carbocycles. The van der Waals surface area contributed by atoms with Crippen LogP contribution in [0.5, 0.6) is 0 Å². The van der Waals surface area contributed by atoms with Crippen molar-refractivity contribution in [2.24, 2.45) is 5.92 Å². The Morgan fingerprint density at radius 1 is 1.29 bits per heavy atom. The molecule has 1 aromatic rings. The van der Waals surface area contributed by atoms with Crippen LogP contribution in [-0.2, 0) is 11.3 Å². The summed E-state index contributed by atoms with van der Waals surface area (Å²) in [6.07, 6.45) is 3.53. The highest BCUT2D eigenvalue weighted by molar-refractivity contribution is 5.87. The molecular formula is C20H32ClFN4O2. The number of hydrogen-bond acceptors (Lipinski definition) is 3. The largest absolute Gasteiger partial charge is 0.341 e. The molecule has 0 saturated carbocycles. The fraction of sp³-hybridized carbons (Fsp3) is 0.600. The normalized spacial score (nSPS) is 17.4. The van der Waals surface area contributed by atoms with E-state index in [-0.39, 0.29) is 36.7 Å². The summed E-state index contributed by atoms with van der Waals surface area (Å²) < 4.78 is 12.9. The Bertz CT molecular complexity index is 613. The first-order valence-corrected chi connectivity index (χ1v) is 9.75. The molecule has 1 fully saturated rings. The van der Waals surface area contributed by atoms with Crippen molar-refractivity contribution < 1.29 is 14.0 Å². The van der Waals surface area contributed by atoms with Crippen molar-refractivity contribution >= 4 is 24.3 Å². The first kappa shape index (κ1) is 24.2. The average Bonchev–Trinajstić information content (AvgIpc) is 2.67. The Morgan fingerprint density at radius 3 is 2.64 bits per heavy atom. The van der Waals surface area contributed by atoms with Crippen molar-refractivity contribution in [2.45, 2.75) is 45.2 Å². The monoisotopic (exact) mass is 414 g/mol. The fourth-order valence-electron chi connectivity index (χ4n) is 3.48. The van der Waals surface area contributed by atoms with Crippen LogP contribution in [0.1, 0.15) is 38.2 Å². The third kappa shape index (κ3) is 7.64. The van der Waals surface area contributed by atoms with Crippen LogP contribution in [0.2, 0.25) is 0 Å². The van der Waals surface area contributed by atoms with Gasteiger partial charge < -0.3 is 20.9 Å². The topological polar surface area (TPSA) is 73.5 Å². The lowest BCUT2D eigenvalue weighted by Crippen LogP contribution is -2.53. The summed E-state index contributed by atoms with van der Waals surface area (Å²) in [5.74, 6) is 0.145. The van der Waals surface area contributed by atoms with E-state index in [1.807, 2.05) is 18.9 Å². The molecule has 0 bridgehead atoms. The van der Waals surface area contributed by atoms with Crippen molar-refractivity contribution in [1.29, 1.82) is 0 Å². The van der Waals surface area contributed by atoms with Gasteiger partial charge in [0, 0.05) is 19.6 Å². The zero-order valence-corrected chi connectivity index (χ0v) is 17.5. The molecule has 1 heterocycles. The van der Waals surface area contributed by atoms with Gasteiger partial charge in [0.2, 0.25) is 5.91 Å². The van der Waals surface area contributed by atoms with Gasteiger partial charge in [0.15, 0.2) is 0 Å². The summed E-state index contributed by atoms with van der Waals surface area (Å²) >= 11 is 0. The Balaban J connectivity index is 0.00000392. The lowest BCUT2D eigenvalue weighted by molar-refractivity contribution is -0.135. The highest BCUT2D eigenvalue weighted by atomic mass is 35.5. The third-order valence-electron chi connectivity index (χ3n) is 4.87. The molecule has 1 aliphatic rings. The summed E-state index contributed by atoms with van der Waals surface area (Å²) in [5, 5.41) is 8.73. The number of nitrogens with one attached hydrogen (secondary N) is 3. The van der Waals surface area contributed by atoms with Gasteiger partial charge in [-0.05, 0) is 56.5 Å². The number of piperidine rings is 1. The average molecular weight is 415 g/mol. The molecule has 1 aliphatic heterocycles.